The van der Waals surface area contributed by atoms with Gasteiger partial charge < -0.3 is 5.73 Å². The molecule has 0 saturated carbocycles. The Hall–Kier alpha value is -1.46. The Labute approximate surface area is 122 Å². The first-order valence-electron chi connectivity index (χ1n) is 6.49. The van der Waals surface area contributed by atoms with Crippen LogP contribution in [0.2, 0.25) is 0 Å². The van der Waals surface area contributed by atoms with Gasteiger partial charge >= 0.3 is 0 Å². The summed E-state index contributed by atoms with van der Waals surface area (Å²) >= 11 is 1.26. The summed E-state index contributed by atoms with van der Waals surface area (Å²) < 4.78 is 14.1. The quantitative estimate of drug-likeness (QED) is 0.878. The smallest absolute Gasteiger partial charge is 0.192 e. The zero-order chi connectivity index (χ0) is 14.7. The lowest BCUT2D eigenvalue weighted by Gasteiger charge is -2.12. The van der Waals surface area contributed by atoms with Crippen molar-refractivity contribution in [2.75, 3.05) is 0 Å². The number of halogens is 1. The van der Waals surface area contributed by atoms with Gasteiger partial charge in [-0.15, -0.1) is 0 Å². The van der Waals surface area contributed by atoms with Gasteiger partial charge in [-0.25, -0.2) is 14.4 Å². The fraction of sp³-hybridized carbons (Fsp3) is 0.333. The molecule has 0 saturated heterocycles. The third kappa shape index (κ3) is 3.77. The SMILES string of the molecule is Cc1cc(C)nc(Sc2c(F)cccc2CC(C)N)n1. The highest BCUT2D eigenvalue weighted by Crippen LogP contribution is 2.31. The van der Waals surface area contributed by atoms with Gasteiger partial charge in [0, 0.05) is 17.4 Å². The van der Waals surface area contributed by atoms with Gasteiger partial charge in [0.05, 0.1) is 4.90 Å². The molecule has 1 aromatic heterocycles. The molecular weight excluding hydrogens is 273 g/mol. The molecule has 2 aromatic rings. The largest absolute Gasteiger partial charge is 0.328 e. The van der Waals surface area contributed by atoms with E-state index >= 15 is 0 Å². The van der Waals surface area contributed by atoms with Crippen LogP contribution in [0.3, 0.4) is 0 Å². The monoisotopic (exact) mass is 291 g/mol. The number of hydrogen-bond acceptors (Lipinski definition) is 4. The normalized spacial score (nSPS) is 12.4. The standard InChI is InChI=1S/C15H18FN3S/c1-9(17)7-12-5-4-6-13(16)14(12)20-15-18-10(2)8-11(3)19-15/h4-6,8-9H,7,17H2,1-3H3. The maximum Gasteiger partial charge on any atom is 0.192 e. The predicted octanol–water partition coefficient (Wildman–Crippen LogP) is 3.27. The molecule has 1 heterocycles. The number of benzene rings is 1. The predicted molar refractivity (Wildman–Crippen MR) is 79.4 cm³/mol. The third-order valence-electron chi connectivity index (χ3n) is 2.75. The van der Waals surface area contributed by atoms with Gasteiger partial charge in [-0.2, -0.15) is 0 Å². The molecule has 106 valence electrons. The summed E-state index contributed by atoms with van der Waals surface area (Å²) in [5.74, 6) is -0.254. The molecule has 0 fully saturated rings. The number of rotatable bonds is 4. The van der Waals surface area contributed by atoms with Crippen molar-refractivity contribution < 1.29 is 4.39 Å². The summed E-state index contributed by atoms with van der Waals surface area (Å²) in [6.07, 6.45) is 0.630. The summed E-state index contributed by atoms with van der Waals surface area (Å²) in [7, 11) is 0. The minimum Gasteiger partial charge on any atom is -0.328 e. The average Bonchev–Trinajstić information content (AvgIpc) is 2.31. The number of aromatic nitrogens is 2. The van der Waals surface area contributed by atoms with Crippen LogP contribution in [0.15, 0.2) is 34.3 Å². The summed E-state index contributed by atoms with van der Waals surface area (Å²) in [5, 5.41) is 0.568. The zero-order valence-corrected chi connectivity index (χ0v) is 12.7. The molecule has 0 aliphatic carbocycles. The molecule has 1 unspecified atom stereocenters. The van der Waals surface area contributed by atoms with Gasteiger partial charge in [-0.05, 0) is 56.7 Å². The Morgan fingerprint density at radius 3 is 2.50 bits per heavy atom. The Kier molecular flexibility index (Phi) is 4.73. The molecule has 2 N–H and O–H groups in total. The topological polar surface area (TPSA) is 51.8 Å². The van der Waals surface area contributed by atoms with E-state index in [4.69, 9.17) is 5.73 Å². The van der Waals surface area contributed by atoms with Gasteiger partial charge in [0.15, 0.2) is 5.16 Å². The number of aryl methyl sites for hydroxylation is 2. The molecule has 1 aromatic carbocycles. The second-order valence-corrected chi connectivity index (χ2v) is 5.92. The second-order valence-electron chi connectivity index (χ2n) is 4.94. The molecule has 2 rings (SSSR count). The second kappa shape index (κ2) is 6.33. The van der Waals surface area contributed by atoms with E-state index in [1.807, 2.05) is 32.9 Å². The molecule has 20 heavy (non-hydrogen) atoms. The van der Waals surface area contributed by atoms with Crippen LogP contribution in [0.25, 0.3) is 0 Å². The molecule has 0 aliphatic rings. The minimum atomic E-state index is -0.254. The first kappa shape index (κ1) is 14.9. The maximum atomic E-state index is 14.1. The van der Waals surface area contributed by atoms with Crippen LogP contribution in [-0.2, 0) is 6.42 Å². The average molecular weight is 291 g/mol. The number of nitrogens with two attached hydrogens (primary N) is 1. The molecule has 0 radical (unpaired) electrons. The van der Waals surface area contributed by atoms with Crippen LogP contribution >= 0.6 is 11.8 Å². The maximum absolute atomic E-state index is 14.1. The Morgan fingerprint density at radius 2 is 1.90 bits per heavy atom. The lowest BCUT2D eigenvalue weighted by atomic mass is 10.1. The highest BCUT2D eigenvalue weighted by Gasteiger charge is 2.13. The number of nitrogens with zero attached hydrogens (tertiary/aromatic N) is 2. The minimum absolute atomic E-state index is 0.0173. The lowest BCUT2D eigenvalue weighted by molar-refractivity contribution is 0.592. The van der Waals surface area contributed by atoms with Gasteiger partial charge in [-0.1, -0.05) is 12.1 Å². The van der Waals surface area contributed by atoms with Crippen LogP contribution in [-0.4, -0.2) is 16.0 Å². The van der Waals surface area contributed by atoms with Crippen molar-refractivity contribution in [2.45, 2.75) is 43.3 Å². The van der Waals surface area contributed by atoms with Crippen molar-refractivity contribution in [1.82, 2.24) is 9.97 Å². The zero-order valence-electron chi connectivity index (χ0n) is 11.9. The van der Waals surface area contributed by atoms with E-state index in [0.29, 0.717) is 16.5 Å². The molecule has 3 nitrogen and oxygen atoms in total. The summed E-state index contributed by atoms with van der Waals surface area (Å²) in [6.45, 7) is 5.72. The van der Waals surface area contributed by atoms with Gasteiger partial charge in [-0.3, -0.25) is 0 Å². The van der Waals surface area contributed by atoms with Crippen molar-refractivity contribution in [1.29, 1.82) is 0 Å². The molecule has 0 spiro atoms. The first-order valence-corrected chi connectivity index (χ1v) is 7.30. The van der Waals surface area contributed by atoms with E-state index in [9.17, 15) is 4.39 Å². The van der Waals surface area contributed by atoms with Gasteiger partial charge in [0.25, 0.3) is 0 Å². The number of hydrogen-bond donors (Lipinski definition) is 1. The van der Waals surface area contributed by atoms with Crippen LogP contribution in [0.1, 0.15) is 23.9 Å². The molecule has 0 bridgehead atoms. The van der Waals surface area contributed by atoms with Crippen molar-refractivity contribution >= 4 is 11.8 Å². The van der Waals surface area contributed by atoms with E-state index in [2.05, 4.69) is 9.97 Å². The van der Waals surface area contributed by atoms with Gasteiger partial charge in [0.2, 0.25) is 0 Å². The van der Waals surface area contributed by atoms with Crippen LogP contribution in [0.4, 0.5) is 4.39 Å². The van der Waals surface area contributed by atoms with Crippen LogP contribution in [0, 0.1) is 19.7 Å². The lowest BCUT2D eigenvalue weighted by Crippen LogP contribution is -2.18. The van der Waals surface area contributed by atoms with E-state index in [1.54, 1.807) is 6.07 Å². The molecular formula is C15H18FN3S. The van der Waals surface area contributed by atoms with Crippen molar-refractivity contribution in [3.05, 3.63) is 47.0 Å². The first-order chi connectivity index (χ1) is 9.45. The van der Waals surface area contributed by atoms with Crippen molar-refractivity contribution in [3.8, 4) is 0 Å². The highest BCUT2D eigenvalue weighted by molar-refractivity contribution is 7.99. The summed E-state index contributed by atoms with van der Waals surface area (Å²) in [6, 6.07) is 6.94. The Morgan fingerprint density at radius 1 is 1.25 bits per heavy atom. The van der Waals surface area contributed by atoms with Crippen LogP contribution in [0.5, 0.6) is 0 Å². The fourth-order valence-corrected chi connectivity index (χ4v) is 3.02. The molecule has 0 aliphatic heterocycles. The van der Waals surface area contributed by atoms with E-state index in [-0.39, 0.29) is 11.9 Å². The highest BCUT2D eigenvalue weighted by atomic mass is 32.2. The summed E-state index contributed by atoms with van der Waals surface area (Å²) in [4.78, 5) is 9.25. The Bertz CT molecular complexity index is 594. The Balaban J connectivity index is 2.36. The van der Waals surface area contributed by atoms with Crippen molar-refractivity contribution in [2.24, 2.45) is 5.73 Å². The molecule has 0 amide bonds. The third-order valence-corrected chi connectivity index (χ3v) is 3.77. The van der Waals surface area contributed by atoms with Crippen LogP contribution < -0.4 is 5.73 Å². The van der Waals surface area contributed by atoms with Gasteiger partial charge in [0.1, 0.15) is 5.82 Å². The summed E-state index contributed by atoms with van der Waals surface area (Å²) in [5.41, 5.74) is 8.48. The van der Waals surface area contributed by atoms with E-state index in [0.717, 1.165) is 17.0 Å². The fourth-order valence-electron chi connectivity index (χ4n) is 2.01. The molecule has 1 atom stereocenters. The van der Waals surface area contributed by atoms with E-state index in [1.165, 1.54) is 17.8 Å². The van der Waals surface area contributed by atoms with Crippen molar-refractivity contribution in [3.63, 3.8) is 0 Å². The molecule has 5 heteroatoms. The van der Waals surface area contributed by atoms with E-state index < -0.39 is 0 Å².